The molecule has 2 rings (SSSR count). The molecule has 1 aliphatic rings. The summed E-state index contributed by atoms with van der Waals surface area (Å²) >= 11 is 6.06. The minimum atomic E-state index is -0.413. The van der Waals surface area contributed by atoms with E-state index >= 15 is 0 Å². The van der Waals surface area contributed by atoms with E-state index in [1.165, 1.54) is 6.42 Å². The van der Waals surface area contributed by atoms with Crippen LogP contribution in [0.4, 0.5) is 0 Å². The number of benzene rings is 1. The Morgan fingerprint density at radius 1 is 1.19 bits per heavy atom. The highest BCUT2D eigenvalue weighted by molar-refractivity contribution is 6.32. The van der Waals surface area contributed by atoms with E-state index in [0.29, 0.717) is 10.8 Å². The monoisotopic (exact) mass is 240 g/mol. The van der Waals surface area contributed by atoms with Crippen molar-refractivity contribution in [1.82, 2.24) is 0 Å². The Morgan fingerprint density at radius 2 is 1.88 bits per heavy atom. The Kier molecular flexibility index (Phi) is 3.72. The van der Waals surface area contributed by atoms with Crippen molar-refractivity contribution >= 4 is 11.6 Å². The Morgan fingerprint density at radius 3 is 2.50 bits per heavy atom. The lowest BCUT2D eigenvalue weighted by Gasteiger charge is -2.36. The number of ether oxygens (including phenoxy) is 1. The Bertz CT molecular complexity index is 346. The quantitative estimate of drug-likeness (QED) is 0.877. The van der Waals surface area contributed by atoms with Crippen LogP contribution in [0.5, 0.6) is 5.75 Å². The number of hydrogen-bond acceptors (Lipinski definition) is 2. The van der Waals surface area contributed by atoms with Crippen LogP contribution in [0.2, 0.25) is 5.02 Å². The van der Waals surface area contributed by atoms with Crippen LogP contribution in [-0.2, 0) is 0 Å². The smallest absolute Gasteiger partial charge is 0.138 e. The third kappa shape index (κ3) is 2.50. The number of aliphatic hydroxyl groups is 1. The molecule has 0 aromatic heterocycles. The maximum absolute atomic E-state index is 9.53. The fraction of sp³-hybridized carbons (Fsp3) is 0.538. The van der Waals surface area contributed by atoms with Gasteiger partial charge in [-0.25, -0.2) is 0 Å². The molecule has 1 fully saturated rings. The number of hydrogen-bond donors (Lipinski definition) is 1. The summed E-state index contributed by atoms with van der Waals surface area (Å²) in [5.74, 6) is 0.681. The molecule has 1 aromatic rings. The van der Waals surface area contributed by atoms with E-state index in [1.807, 2.05) is 24.3 Å². The summed E-state index contributed by atoms with van der Waals surface area (Å²) in [6.45, 7) is 0.0677. The van der Waals surface area contributed by atoms with Gasteiger partial charge in [0.25, 0.3) is 0 Å². The lowest BCUT2D eigenvalue weighted by molar-refractivity contribution is -0.0197. The molecule has 0 aliphatic heterocycles. The topological polar surface area (TPSA) is 29.5 Å². The van der Waals surface area contributed by atoms with Gasteiger partial charge in [-0.1, -0.05) is 30.2 Å². The van der Waals surface area contributed by atoms with Crippen molar-refractivity contribution < 1.29 is 9.84 Å². The van der Waals surface area contributed by atoms with Crippen LogP contribution in [0, 0.1) is 0 Å². The van der Waals surface area contributed by atoms with Gasteiger partial charge in [-0.15, -0.1) is 0 Å². The lowest BCUT2D eigenvalue weighted by atomic mass is 9.85. The largest absolute Gasteiger partial charge is 0.483 e. The highest BCUT2D eigenvalue weighted by Gasteiger charge is 2.33. The molecule has 1 saturated carbocycles. The molecule has 0 saturated heterocycles. The van der Waals surface area contributed by atoms with Crippen molar-refractivity contribution in [3.05, 3.63) is 29.3 Å². The molecular weight excluding hydrogens is 224 g/mol. The normalized spacial score (nSPS) is 19.4. The summed E-state index contributed by atoms with van der Waals surface area (Å²) in [4.78, 5) is 0. The van der Waals surface area contributed by atoms with E-state index in [-0.39, 0.29) is 6.61 Å². The van der Waals surface area contributed by atoms with Gasteiger partial charge in [-0.3, -0.25) is 0 Å². The van der Waals surface area contributed by atoms with Gasteiger partial charge in [0.05, 0.1) is 11.6 Å². The molecule has 3 heteroatoms. The first-order valence-corrected chi connectivity index (χ1v) is 6.18. The maximum Gasteiger partial charge on any atom is 0.138 e. The molecule has 0 atom stereocenters. The molecule has 1 aromatic carbocycles. The van der Waals surface area contributed by atoms with Crippen LogP contribution in [0.3, 0.4) is 0 Å². The molecule has 0 heterocycles. The van der Waals surface area contributed by atoms with Gasteiger partial charge in [0, 0.05) is 0 Å². The van der Waals surface area contributed by atoms with Crippen molar-refractivity contribution in [3.63, 3.8) is 0 Å². The van der Waals surface area contributed by atoms with Crippen LogP contribution in [-0.4, -0.2) is 17.3 Å². The second kappa shape index (κ2) is 5.07. The Balaban J connectivity index is 2.15. The predicted octanol–water partition coefficient (Wildman–Crippen LogP) is 3.41. The highest BCUT2D eigenvalue weighted by Crippen LogP contribution is 2.35. The van der Waals surface area contributed by atoms with Gasteiger partial charge in [0.15, 0.2) is 0 Å². The predicted molar refractivity (Wildman–Crippen MR) is 65.0 cm³/mol. The Hall–Kier alpha value is -0.730. The summed E-state index contributed by atoms with van der Waals surface area (Å²) < 4.78 is 5.94. The third-order valence-electron chi connectivity index (χ3n) is 3.22. The van der Waals surface area contributed by atoms with Crippen LogP contribution < -0.4 is 4.74 Å². The molecule has 0 unspecified atom stereocenters. The molecule has 0 spiro atoms. The summed E-state index contributed by atoms with van der Waals surface area (Å²) in [6.07, 6.45) is 5.28. The van der Waals surface area contributed by atoms with Crippen LogP contribution in [0.25, 0.3) is 0 Å². The second-order valence-corrected chi connectivity index (χ2v) is 4.84. The van der Waals surface area contributed by atoms with Crippen LogP contribution in [0.1, 0.15) is 32.1 Å². The molecule has 16 heavy (non-hydrogen) atoms. The molecular formula is C13H17ClO2. The number of aliphatic hydroxyl groups excluding tert-OH is 1. The van der Waals surface area contributed by atoms with Crippen LogP contribution >= 0.6 is 11.6 Å². The number of halogens is 1. The van der Waals surface area contributed by atoms with Crippen molar-refractivity contribution in [3.8, 4) is 5.75 Å². The van der Waals surface area contributed by atoms with E-state index in [2.05, 4.69) is 0 Å². The van der Waals surface area contributed by atoms with Crippen molar-refractivity contribution in [2.45, 2.75) is 37.7 Å². The summed E-state index contributed by atoms with van der Waals surface area (Å²) in [5.41, 5.74) is -0.413. The van der Waals surface area contributed by atoms with E-state index < -0.39 is 5.60 Å². The fourth-order valence-electron chi connectivity index (χ4n) is 2.25. The zero-order valence-corrected chi connectivity index (χ0v) is 10.0. The van der Waals surface area contributed by atoms with E-state index in [4.69, 9.17) is 16.3 Å². The first kappa shape index (κ1) is 11.7. The standard InChI is InChI=1S/C13H17ClO2/c14-11-6-2-3-7-12(11)16-13(10-15)8-4-1-5-9-13/h2-3,6-7,15H,1,4-5,8-10H2. The van der Waals surface area contributed by atoms with Gasteiger partial charge >= 0.3 is 0 Å². The zero-order chi connectivity index (χ0) is 11.4. The van der Waals surface area contributed by atoms with E-state index in [9.17, 15) is 5.11 Å². The first-order valence-electron chi connectivity index (χ1n) is 5.80. The highest BCUT2D eigenvalue weighted by atomic mass is 35.5. The SMILES string of the molecule is OCC1(Oc2ccccc2Cl)CCCCC1. The molecule has 88 valence electrons. The molecule has 2 nitrogen and oxygen atoms in total. The van der Waals surface area contributed by atoms with Gasteiger partial charge in [-0.05, 0) is 37.8 Å². The molecule has 1 N–H and O–H groups in total. The number of rotatable bonds is 3. The second-order valence-electron chi connectivity index (χ2n) is 4.43. The third-order valence-corrected chi connectivity index (χ3v) is 3.53. The zero-order valence-electron chi connectivity index (χ0n) is 9.29. The van der Waals surface area contributed by atoms with Crippen molar-refractivity contribution in [1.29, 1.82) is 0 Å². The Labute approximate surface area is 101 Å². The molecule has 0 amide bonds. The van der Waals surface area contributed by atoms with Crippen LogP contribution in [0.15, 0.2) is 24.3 Å². The van der Waals surface area contributed by atoms with Gasteiger partial charge in [-0.2, -0.15) is 0 Å². The lowest BCUT2D eigenvalue weighted by Crippen LogP contribution is -2.42. The fourth-order valence-corrected chi connectivity index (χ4v) is 2.42. The maximum atomic E-state index is 9.53. The molecule has 0 radical (unpaired) electrons. The van der Waals surface area contributed by atoms with E-state index in [1.54, 1.807) is 0 Å². The summed E-state index contributed by atoms with van der Waals surface area (Å²) in [6, 6.07) is 7.44. The summed E-state index contributed by atoms with van der Waals surface area (Å²) in [7, 11) is 0. The molecule has 1 aliphatic carbocycles. The van der Waals surface area contributed by atoms with Crippen molar-refractivity contribution in [2.24, 2.45) is 0 Å². The minimum Gasteiger partial charge on any atom is -0.483 e. The average molecular weight is 241 g/mol. The van der Waals surface area contributed by atoms with E-state index in [0.717, 1.165) is 25.7 Å². The first-order chi connectivity index (χ1) is 7.76. The van der Waals surface area contributed by atoms with Gasteiger partial charge < -0.3 is 9.84 Å². The minimum absolute atomic E-state index is 0.0677. The summed E-state index contributed by atoms with van der Waals surface area (Å²) in [5, 5.41) is 10.1. The average Bonchev–Trinajstić information content (AvgIpc) is 2.33. The van der Waals surface area contributed by atoms with Gasteiger partial charge in [0.1, 0.15) is 11.4 Å². The number of para-hydroxylation sites is 1. The van der Waals surface area contributed by atoms with Gasteiger partial charge in [0.2, 0.25) is 0 Å². The molecule has 0 bridgehead atoms. The van der Waals surface area contributed by atoms with Crippen molar-refractivity contribution in [2.75, 3.05) is 6.61 Å².